The van der Waals surface area contributed by atoms with E-state index >= 15 is 0 Å². The molecule has 194 valence electrons. The Morgan fingerprint density at radius 2 is 1.88 bits per heavy atom. The predicted octanol–water partition coefficient (Wildman–Crippen LogP) is 5.83. The van der Waals surface area contributed by atoms with Gasteiger partial charge in [-0.3, -0.25) is 4.79 Å². The van der Waals surface area contributed by atoms with Gasteiger partial charge in [-0.05, 0) is 91.3 Å². The first-order chi connectivity index (χ1) is 16.0. The van der Waals surface area contributed by atoms with E-state index in [0.29, 0.717) is 37.3 Å². The number of fused-ring (bicyclic) bond motifs is 5. The molecular formula is C30H52N2O2. The fraction of sp³-hybridized carbons (Fsp3) is 0.900. The summed E-state index contributed by atoms with van der Waals surface area (Å²) >= 11 is 0. The molecule has 0 aliphatic heterocycles. The van der Waals surface area contributed by atoms with E-state index in [1.165, 1.54) is 50.5 Å². The van der Waals surface area contributed by atoms with E-state index in [1.54, 1.807) is 0 Å². The highest BCUT2D eigenvalue weighted by Gasteiger charge is 2.60. The lowest BCUT2D eigenvalue weighted by Gasteiger charge is -2.59. The average molecular weight is 473 g/mol. The van der Waals surface area contributed by atoms with E-state index in [2.05, 4.69) is 46.0 Å². The highest BCUT2D eigenvalue weighted by atomic mass is 16.3. The lowest BCUT2D eigenvalue weighted by atomic mass is 9.46. The summed E-state index contributed by atoms with van der Waals surface area (Å²) in [7, 11) is 0. The number of hydrogen-bond acceptors (Lipinski definition) is 3. The van der Waals surface area contributed by atoms with Gasteiger partial charge in [0.2, 0.25) is 0 Å². The van der Waals surface area contributed by atoms with Gasteiger partial charge in [0.15, 0.2) is 0 Å². The van der Waals surface area contributed by atoms with Gasteiger partial charge in [-0.25, -0.2) is 0 Å². The number of hydrogen-bond donors (Lipinski definition) is 3. The largest absolute Gasteiger partial charge is 0.380 e. The Labute approximate surface area is 208 Å². The topological polar surface area (TPSA) is 75.3 Å². The molecule has 0 heterocycles. The first-order valence-electron chi connectivity index (χ1n) is 14.5. The zero-order chi connectivity index (χ0) is 24.7. The molecular weight excluding hydrogens is 420 g/mol. The fourth-order valence-electron chi connectivity index (χ4n) is 9.22. The molecule has 4 heteroatoms. The van der Waals surface area contributed by atoms with Crippen LogP contribution in [0, 0.1) is 46.3 Å². The second-order valence-electron chi connectivity index (χ2n) is 13.5. The highest BCUT2D eigenvalue weighted by molar-refractivity contribution is 5.85. The molecule has 0 aromatic carbocycles. The second-order valence-corrected chi connectivity index (χ2v) is 13.5. The third kappa shape index (κ3) is 4.51. The summed E-state index contributed by atoms with van der Waals surface area (Å²) in [5, 5.41) is 14.1. The van der Waals surface area contributed by atoms with Crippen LogP contribution in [0.5, 0.6) is 0 Å². The minimum absolute atomic E-state index is 0.144. The SMILES string of the molecule is CC(C)CCC[C@@H](C)[C@H]1CC[C@H]2[C@@H]3CC=C4C[C@](O)(C(=O)NCCN)CC[C@]4(C)[C@H]3CC[C@]12C. The molecule has 34 heavy (non-hydrogen) atoms. The van der Waals surface area contributed by atoms with Crippen LogP contribution in [-0.4, -0.2) is 29.7 Å². The van der Waals surface area contributed by atoms with Crippen molar-refractivity contribution in [1.29, 1.82) is 0 Å². The van der Waals surface area contributed by atoms with E-state index in [-0.39, 0.29) is 11.3 Å². The van der Waals surface area contributed by atoms with Crippen molar-refractivity contribution in [1.82, 2.24) is 5.32 Å². The van der Waals surface area contributed by atoms with Gasteiger partial charge in [0.25, 0.3) is 5.91 Å². The van der Waals surface area contributed by atoms with Crippen LogP contribution in [0.1, 0.15) is 105 Å². The van der Waals surface area contributed by atoms with Gasteiger partial charge in [-0.2, -0.15) is 0 Å². The standard InChI is InChI=1S/C30H52N2O2/c1-20(2)7-6-8-21(3)24-11-12-25-23-10-9-22-19-30(34,27(33)32-18-17-31)16-15-28(22,4)26(23)13-14-29(24,25)5/h9,20-21,23-26,34H,6-8,10-19,31H2,1-5H3,(H,32,33)/t21-,23+,24-,25+,26+,28+,29-,30+/m1/s1. The Morgan fingerprint density at radius 1 is 1.12 bits per heavy atom. The van der Waals surface area contributed by atoms with Gasteiger partial charge >= 0.3 is 0 Å². The van der Waals surface area contributed by atoms with Gasteiger partial charge in [0.05, 0.1) is 0 Å². The fourth-order valence-corrected chi connectivity index (χ4v) is 9.22. The molecule has 0 aromatic rings. The zero-order valence-corrected chi connectivity index (χ0v) is 22.7. The maximum Gasteiger partial charge on any atom is 0.252 e. The second kappa shape index (κ2) is 9.88. The molecule has 4 N–H and O–H groups in total. The number of nitrogens with one attached hydrogen (secondary N) is 1. The van der Waals surface area contributed by atoms with E-state index in [9.17, 15) is 9.90 Å². The van der Waals surface area contributed by atoms with Crippen LogP contribution in [0.2, 0.25) is 0 Å². The van der Waals surface area contributed by atoms with Crippen molar-refractivity contribution in [3.8, 4) is 0 Å². The molecule has 4 rings (SSSR count). The molecule has 0 spiro atoms. The van der Waals surface area contributed by atoms with E-state index < -0.39 is 5.60 Å². The molecule has 0 aromatic heterocycles. The molecule has 3 saturated carbocycles. The summed E-state index contributed by atoms with van der Waals surface area (Å²) in [4.78, 5) is 12.7. The number of carbonyl (C=O) groups is 1. The number of rotatable bonds is 8. The monoisotopic (exact) mass is 472 g/mol. The maximum absolute atomic E-state index is 12.7. The zero-order valence-electron chi connectivity index (χ0n) is 22.7. The third-order valence-corrected chi connectivity index (χ3v) is 11.2. The van der Waals surface area contributed by atoms with Crippen LogP contribution in [0.3, 0.4) is 0 Å². The minimum atomic E-state index is -1.26. The van der Waals surface area contributed by atoms with Gasteiger partial charge in [0.1, 0.15) is 5.60 Å². The summed E-state index contributed by atoms with van der Waals surface area (Å²) < 4.78 is 0. The average Bonchev–Trinajstić information content (AvgIpc) is 3.15. The van der Waals surface area contributed by atoms with E-state index in [4.69, 9.17) is 5.73 Å². The molecule has 0 unspecified atom stereocenters. The van der Waals surface area contributed by atoms with Crippen molar-refractivity contribution in [2.24, 2.45) is 52.1 Å². The summed E-state index contributed by atoms with van der Waals surface area (Å²) in [6, 6.07) is 0. The van der Waals surface area contributed by atoms with Crippen LogP contribution in [0.4, 0.5) is 0 Å². The summed E-state index contributed by atoms with van der Waals surface area (Å²) in [5.41, 5.74) is 6.29. The Hall–Kier alpha value is -0.870. The summed E-state index contributed by atoms with van der Waals surface area (Å²) in [5.74, 6) is 4.63. The molecule has 3 fully saturated rings. The Balaban J connectivity index is 1.47. The molecule has 0 radical (unpaired) electrons. The summed E-state index contributed by atoms with van der Waals surface area (Å²) in [6.45, 7) is 13.2. The van der Waals surface area contributed by atoms with E-state index in [1.807, 2.05) is 0 Å². The molecule has 8 atom stereocenters. The number of carbonyl (C=O) groups excluding carboxylic acids is 1. The first kappa shape index (κ1) is 26.2. The highest BCUT2D eigenvalue weighted by Crippen LogP contribution is 2.67. The molecule has 4 nitrogen and oxygen atoms in total. The van der Waals surface area contributed by atoms with Gasteiger partial charge < -0.3 is 16.2 Å². The van der Waals surface area contributed by atoms with Crippen molar-refractivity contribution in [3.63, 3.8) is 0 Å². The van der Waals surface area contributed by atoms with Crippen LogP contribution >= 0.6 is 0 Å². The third-order valence-electron chi connectivity index (χ3n) is 11.2. The number of nitrogens with two attached hydrogens (primary N) is 1. The predicted molar refractivity (Wildman–Crippen MR) is 140 cm³/mol. The van der Waals surface area contributed by atoms with Crippen molar-refractivity contribution >= 4 is 5.91 Å². The van der Waals surface area contributed by atoms with Crippen molar-refractivity contribution in [3.05, 3.63) is 11.6 Å². The maximum atomic E-state index is 12.7. The van der Waals surface area contributed by atoms with Crippen molar-refractivity contribution in [2.45, 2.75) is 111 Å². The Kier molecular flexibility index (Phi) is 7.62. The lowest BCUT2D eigenvalue weighted by molar-refractivity contribution is -0.145. The van der Waals surface area contributed by atoms with Crippen LogP contribution < -0.4 is 11.1 Å². The normalized spacial score (nSPS) is 42.4. The molecule has 0 saturated heterocycles. The van der Waals surface area contributed by atoms with Crippen LogP contribution in [0.25, 0.3) is 0 Å². The Morgan fingerprint density at radius 3 is 2.59 bits per heavy atom. The Bertz CT molecular complexity index is 778. The summed E-state index contributed by atoms with van der Waals surface area (Å²) in [6.07, 6.45) is 15.2. The first-order valence-corrected chi connectivity index (χ1v) is 14.5. The lowest BCUT2D eigenvalue weighted by Crippen LogP contribution is -2.56. The molecule has 4 aliphatic rings. The van der Waals surface area contributed by atoms with Crippen molar-refractivity contribution in [2.75, 3.05) is 13.1 Å². The van der Waals surface area contributed by atoms with Gasteiger partial charge in [0, 0.05) is 19.5 Å². The molecule has 1 amide bonds. The number of amides is 1. The number of aliphatic hydroxyl groups is 1. The molecule has 0 bridgehead atoms. The minimum Gasteiger partial charge on any atom is -0.380 e. The smallest absolute Gasteiger partial charge is 0.252 e. The van der Waals surface area contributed by atoms with Gasteiger partial charge in [-0.15, -0.1) is 0 Å². The van der Waals surface area contributed by atoms with Crippen molar-refractivity contribution < 1.29 is 9.90 Å². The van der Waals surface area contributed by atoms with Crippen LogP contribution in [0.15, 0.2) is 11.6 Å². The number of allylic oxidation sites excluding steroid dienone is 1. The molecule has 4 aliphatic carbocycles. The van der Waals surface area contributed by atoms with Gasteiger partial charge in [-0.1, -0.05) is 65.5 Å². The van der Waals surface area contributed by atoms with Crippen LogP contribution in [-0.2, 0) is 4.79 Å². The quantitative estimate of drug-likeness (QED) is 0.389. The van der Waals surface area contributed by atoms with E-state index in [0.717, 1.165) is 42.4 Å².